The van der Waals surface area contributed by atoms with Crippen molar-refractivity contribution in [3.05, 3.63) is 44.7 Å². The van der Waals surface area contributed by atoms with E-state index in [0.29, 0.717) is 6.04 Å². The van der Waals surface area contributed by atoms with Gasteiger partial charge in [0.05, 0.1) is 5.02 Å². The third kappa shape index (κ3) is 2.80. The molecule has 2 aromatic rings. The molecule has 0 fully saturated rings. The van der Waals surface area contributed by atoms with E-state index in [0.717, 1.165) is 21.5 Å². The van der Waals surface area contributed by atoms with Crippen LogP contribution in [0.15, 0.2) is 34.8 Å². The van der Waals surface area contributed by atoms with Crippen molar-refractivity contribution in [1.29, 1.82) is 0 Å². The molecule has 0 spiro atoms. The van der Waals surface area contributed by atoms with E-state index in [4.69, 9.17) is 11.6 Å². The van der Waals surface area contributed by atoms with Gasteiger partial charge in [-0.1, -0.05) is 30.7 Å². The van der Waals surface area contributed by atoms with Crippen molar-refractivity contribution in [2.24, 2.45) is 0 Å². The molecule has 1 aromatic heterocycles. The molecule has 0 saturated carbocycles. The molecule has 2 rings (SSSR count). The van der Waals surface area contributed by atoms with Crippen LogP contribution in [0.5, 0.6) is 0 Å². The smallest absolute Gasteiger partial charge is 0.0554 e. The van der Waals surface area contributed by atoms with Crippen molar-refractivity contribution < 1.29 is 0 Å². The first-order valence-corrected chi connectivity index (χ1v) is 7.87. The number of hydrogen-bond donors (Lipinski definition) is 1. The molecule has 0 saturated heterocycles. The Morgan fingerprint density at radius 3 is 2.78 bits per heavy atom. The second-order valence-corrected chi connectivity index (χ2v) is 6.37. The molecule has 1 heterocycles. The van der Waals surface area contributed by atoms with Crippen molar-refractivity contribution in [2.75, 3.05) is 7.05 Å². The third-order valence-electron chi connectivity index (χ3n) is 2.94. The molecule has 0 aliphatic heterocycles. The maximum Gasteiger partial charge on any atom is 0.0554 e. The summed E-state index contributed by atoms with van der Waals surface area (Å²) in [5.74, 6) is 0. The Morgan fingerprint density at radius 1 is 1.33 bits per heavy atom. The van der Waals surface area contributed by atoms with Gasteiger partial charge in [0.2, 0.25) is 0 Å². The minimum absolute atomic E-state index is 0.432. The van der Waals surface area contributed by atoms with Gasteiger partial charge in [0.15, 0.2) is 0 Å². The van der Waals surface area contributed by atoms with Gasteiger partial charge in [0.1, 0.15) is 0 Å². The number of nitrogens with one attached hydrogen (secondary N) is 1. The predicted octanol–water partition coefficient (Wildman–Crippen LogP) is 5.50. The molecule has 1 unspecified atom stereocenters. The lowest BCUT2D eigenvalue weighted by molar-refractivity contribution is 0.586. The number of benzene rings is 1. The topological polar surface area (TPSA) is 12.0 Å². The van der Waals surface area contributed by atoms with E-state index in [-0.39, 0.29) is 0 Å². The highest BCUT2D eigenvalue weighted by Crippen LogP contribution is 2.38. The summed E-state index contributed by atoms with van der Waals surface area (Å²) in [4.78, 5) is 2.61. The Morgan fingerprint density at radius 2 is 2.11 bits per heavy atom. The minimum Gasteiger partial charge on any atom is -0.312 e. The molecule has 1 N–H and O–H groups in total. The van der Waals surface area contributed by atoms with Crippen LogP contribution in [-0.4, -0.2) is 7.05 Å². The van der Waals surface area contributed by atoms with Crippen LogP contribution < -0.4 is 5.32 Å². The lowest BCUT2D eigenvalue weighted by Crippen LogP contribution is -2.13. The van der Waals surface area contributed by atoms with E-state index >= 15 is 0 Å². The SMILES string of the molecule is CCC(NC)c1ccc(-c2cccc(Cl)c2Br)s1. The first-order valence-electron chi connectivity index (χ1n) is 5.88. The maximum atomic E-state index is 6.13. The van der Waals surface area contributed by atoms with Crippen LogP contribution in [0.3, 0.4) is 0 Å². The summed E-state index contributed by atoms with van der Waals surface area (Å²) in [6, 6.07) is 10.8. The van der Waals surface area contributed by atoms with Crippen molar-refractivity contribution >= 4 is 38.9 Å². The van der Waals surface area contributed by atoms with Gasteiger partial charge in [-0.15, -0.1) is 11.3 Å². The average molecular weight is 345 g/mol. The second-order valence-electron chi connectivity index (χ2n) is 4.05. The summed E-state index contributed by atoms with van der Waals surface area (Å²) >= 11 is 11.5. The molecule has 18 heavy (non-hydrogen) atoms. The van der Waals surface area contributed by atoms with Gasteiger partial charge in [-0.25, -0.2) is 0 Å². The third-order valence-corrected chi connectivity index (χ3v) is 5.57. The van der Waals surface area contributed by atoms with Gasteiger partial charge >= 0.3 is 0 Å². The quantitative estimate of drug-likeness (QED) is 0.772. The van der Waals surface area contributed by atoms with Crippen molar-refractivity contribution in [3.8, 4) is 10.4 Å². The highest BCUT2D eigenvalue weighted by atomic mass is 79.9. The molecule has 1 aromatic carbocycles. The van der Waals surface area contributed by atoms with Gasteiger partial charge in [-0.3, -0.25) is 0 Å². The van der Waals surface area contributed by atoms with E-state index in [9.17, 15) is 0 Å². The maximum absolute atomic E-state index is 6.13. The van der Waals surface area contributed by atoms with Crippen LogP contribution in [0.4, 0.5) is 0 Å². The van der Waals surface area contributed by atoms with Crippen molar-refractivity contribution in [3.63, 3.8) is 0 Å². The van der Waals surface area contributed by atoms with E-state index in [1.165, 1.54) is 9.75 Å². The van der Waals surface area contributed by atoms with E-state index in [2.05, 4.69) is 46.4 Å². The van der Waals surface area contributed by atoms with Gasteiger partial charge < -0.3 is 5.32 Å². The zero-order chi connectivity index (χ0) is 13.1. The van der Waals surface area contributed by atoms with Crippen LogP contribution in [0, 0.1) is 0 Å². The Hall–Kier alpha value is -0.350. The number of rotatable bonds is 4. The Labute approximate surface area is 125 Å². The molecule has 0 amide bonds. The molecule has 0 bridgehead atoms. The summed E-state index contributed by atoms with van der Waals surface area (Å²) < 4.78 is 0.970. The monoisotopic (exact) mass is 343 g/mol. The lowest BCUT2D eigenvalue weighted by atomic mass is 10.1. The van der Waals surface area contributed by atoms with Crippen LogP contribution >= 0.6 is 38.9 Å². The highest BCUT2D eigenvalue weighted by Gasteiger charge is 2.13. The molecule has 4 heteroatoms. The summed E-state index contributed by atoms with van der Waals surface area (Å²) in [5.41, 5.74) is 1.16. The largest absolute Gasteiger partial charge is 0.312 e. The fourth-order valence-electron chi connectivity index (χ4n) is 1.93. The predicted molar refractivity (Wildman–Crippen MR) is 84.6 cm³/mol. The Balaban J connectivity index is 2.38. The standard InChI is InChI=1S/C14H15BrClNS/c1-3-11(17-2)13-8-7-12(18-13)9-5-4-6-10(16)14(9)15/h4-8,11,17H,3H2,1-2H3. The number of halogens is 2. The second kappa shape index (κ2) is 6.20. The summed E-state index contributed by atoms with van der Waals surface area (Å²) in [5, 5.41) is 4.08. The van der Waals surface area contributed by atoms with Gasteiger partial charge in [-0.05, 0) is 47.6 Å². The fourth-order valence-corrected chi connectivity index (χ4v) is 3.94. The summed E-state index contributed by atoms with van der Waals surface area (Å²) in [6.45, 7) is 2.19. The molecule has 1 atom stereocenters. The normalized spacial score (nSPS) is 12.7. The van der Waals surface area contributed by atoms with Gasteiger partial charge in [0.25, 0.3) is 0 Å². The van der Waals surface area contributed by atoms with Crippen LogP contribution in [-0.2, 0) is 0 Å². The summed E-state index contributed by atoms with van der Waals surface area (Å²) in [6.07, 6.45) is 1.09. The van der Waals surface area contributed by atoms with Crippen LogP contribution in [0.1, 0.15) is 24.3 Å². The van der Waals surface area contributed by atoms with E-state index in [1.807, 2.05) is 30.5 Å². The van der Waals surface area contributed by atoms with E-state index < -0.39 is 0 Å². The van der Waals surface area contributed by atoms with Crippen LogP contribution in [0.2, 0.25) is 5.02 Å². The summed E-state index contributed by atoms with van der Waals surface area (Å²) in [7, 11) is 2.00. The zero-order valence-electron chi connectivity index (χ0n) is 10.3. The lowest BCUT2D eigenvalue weighted by Gasteiger charge is -2.10. The molecule has 96 valence electrons. The average Bonchev–Trinajstić information content (AvgIpc) is 2.84. The Bertz CT molecular complexity index is 534. The Kier molecular flexibility index (Phi) is 4.84. The van der Waals surface area contributed by atoms with Crippen molar-refractivity contribution in [1.82, 2.24) is 5.32 Å². The number of thiophene rings is 1. The van der Waals surface area contributed by atoms with Crippen molar-refractivity contribution in [2.45, 2.75) is 19.4 Å². The van der Waals surface area contributed by atoms with Gasteiger partial charge in [-0.2, -0.15) is 0 Å². The molecular weight excluding hydrogens is 330 g/mol. The first kappa shape index (κ1) is 14.1. The molecule has 0 aliphatic rings. The molecule has 0 radical (unpaired) electrons. The van der Waals surface area contributed by atoms with Gasteiger partial charge in [0, 0.05) is 25.8 Å². The fraction of sp³-hybridized carbons (Fsp3) is 0.286. The first-order chi connectivity index (χ1) is 8.67. The molecule has 1 nitrogen and oxygen atoms in total. The zero-order valence-corrected chi connectivity index (χ0v) is 13.5. The van der Waals surface area contributed by atoms with Crippen LogP contribution in [0.25, 0.3) is 10.4 Å². The number of hydrogen-bond acceptors (Lipinski definition) is 2. The molecular formula is C14H15BrClNS. The van der Waals surface area contributed by atoms with E-state index in [1.54, 1.807) is 0 Å². The minimum atomic E-state index is 0.432. The highest BCUT2D eigenvalue weighted by molar-refractivity contribution is 9.10. The molecule has 0 aliphatic carbocycles.